The first-order chi connectivity index (χ1) is 7.29. The summed E-state index contributed by atoms with van der Waals surface area (Å²) in [5, 5.41) is 3.48. The van der Waals surface area contributed by atoms with Gasteiger partial charge in [-0.1, -0.05) is 19.3 Å². The zero-order chi connectivity index (χ0) is 10.7. The Balaban J connectivity index is 1.83. The Morgan fingerprint density at radius 1 is 1.33 bits per heavy atom. The molecule has 3 heteroatoms. The maximum atomic E-state index is 11.2. The van der Waals surface area contributed by atoms with Crippen LogP contribution in [0.15, 0.2) is 0 Å². The van der Waals surface area contributed by atoms with Crippen LogP contribution in [-0.2, 0) is 9.53 Å². The van der Waals surface area contributed by atoms with E-state index in [0.29, 0.717) is 12.5 Å². The van der Waals surface area contributed by atoms with Crippen molar-refractivity contribution in [1.29, 1.82) is 0 Å². The number of hydrogen-bond acceptors (Lipinski definition) is 3. The van der Waals surface area contributed by atoms with E-state index in [9.17, 15) is 4.79 Å². The fourth-order valence-corrected chi connectivity index (χ4v) is 3.07. The molecular weight excluding hydrogens is 190 g/mol. The molecule has 15 heavy (non-hydrogen) atoms. The average Bonchev–Trinajstić information content (AvgIpc) is 2.29. The molecule has 2 aliphatic rings. The zero-order valence-corrected chi connectivity index (χ0v) is 9.50. The van der Waals surface area contributed by atoms with E-state index < -0.39 is 0 Å². The summed E-state index contributed by atoms with van der Waals surface area (Å²) in [5.41, 5.74) is 0. The number of rotatable bonds is 2. The molecule has 0 aromatic carbocycles. The van der Waals surface area contributed by atoms with Gasteiger partial charge in [-0.3, -0.25) is 4.79 Å². The Morgan fingerprint density at radius 3 is 2.80 bits per heavy atom. The number of methoxy groups -OCH3 is 1. The van der Waals surface area contributed by atoms with Crippen LogP contribution < -0.4 is 5.32 Å². The van der Waals surface area contributed by atoms with Crippen LogP contribution in [0, 0.1) is 11.8 Å². The lowest BCUT2D eigenvalue weighted by molar-refractivity contribution is -0.141. The summed E-state index contributed by atoms with van der Waals surface area (Å²) in [6.45, 7) is 1.10. The summed E-state index contributed by atoms with van der Waals surface area (Å²) >= 11 is 0. The maximum Gasteiger partial charge on any atom is 0.307 e. The summed E-state index contributed by atoms with van der Waals surface area (Å²) in [4.78, 5) is 11.2. The molecule has 1 heterocycles. The highest BCUT2D eigenvalue weighted by atomic mass is 16.5. The molecule has 0 aromatic rings. The van der Waals surface area contributed by atoms with E-state index in [4.69, 9.17) is 4.74 Å². The van der Waals surface area contributed by atoms with Crippen molar-refractivity contribution >= 4 is 5.97 Å². The van der Waals surface area contributed by atoms with Gasteiger partial charge >= 0.3 is 5.97 Å². The number of piperidine rings is 1. The maximum absolute atomic E-state index is 11.2. The van der Waals surface area contributed by atoms with E-state index in [1.807, 2.05) is 0 Å². The fraction of sp³-hybridized carbons (Fsp3) is 0.917. The fourth-order valence-electron chi connectivity index (χ4n) is 3.07. The van der Waals surface area contributed by atoms with Crippen molar-refractivity contribution in [2.45, 2.75) is 44.6 Å². The third-order valence-corrected chi connectivity index (χ3v) is 3.96. The Morgan fingerprint density at radius 2 is 2.07 bits per heavy atom. The molecule has 2 fully saturated rings. The van der Waals surface area contributed by atoms with Gasteiger partial charge in [-0.15, -0.1) is 0 Å². The number of hydrogen-bond donors (Lipinski definition) is 1. The molecule has 0 bridgehead atoms. The first-order valence-electron chi connectivity index (χ1n) is 6.10. The van der Waals surface area contributed by atoms with E-state index in [1.54, 1.807) is 0 Å². The van der Waals surface area contributed by atoms with Crippen molar-refractivity contribution in [3.63, 3.8) is 0 Å². The molecule has 1 saturated carbocycles. The van der Waals surface area contributed by atoms with Gasteiger partial charge in [-0.05, 0) is 31.2 Å². The smallest absolute Gasteiger partial charge is 0.307 e. The first kappa shape index (κ1) is 10.9. The number of nitrogens with one attached hydrogen (secondary N) is 1. The largest absolute Gasteiger partial charge is 0.469 e. The molecule has 3 nitrogen and oxygen atoms in total. The second kappa shape index (κ2) is 4.97. The van der Waals surface area contributed by atoms with Crippen LogP contribution in [0.3, 0.4) is 0 Å². The number of ether oxygens (including phenoxy) is 1. The highest BCUT2D eigenvalue weighted by molar-refractivity contribution is 5.69. The molecule has 1 aliphatic heterocycles. The molecule has 3 atom stereocenters. The number of fused-ring (bicyclic) bond motifs is 1. The standard InChI is InChI=1S/C12H21NO2/c1-15-12(14)7-11-6-9-4-2-3-5-10(9)8-13-11/h9-11,13H,2-8H2,1H3. The van der Waals surface area contributed by atoms with Crippen LogP contribution >= 0.6 is 0 Å². The Labute approximate surface area is 91.6 Å². The van der Waals surface area contributed by atoms with Gasteiger partial charge in [-0.2, -0.15) is 0 Å². The van der Waals surface area contributed by atoms with E-state index in [1.165, 1.54) is 39.2 Å². The summed E-state index contributed by atoms with van der Waals surface area (Å²) in [6.07, 6.45) is 7.22. The lowest BCUT2D eigenvalue weighted by Crippen LogP contribution is -2.45. The number of carbonyl (C=O) groups excluding carboxylic acids is 1. The minimum atomic E-state index is -0.0817. The van der Waals surface area contributed by atoms with E-state index in [-0.39, 0.29) is 5.97 Å². The molecule has 0 spiro atoms. The van der Waals surface area contributed by atoms with E-state index >= 15 is 0 Å². The molecule has 3 unspecified atom stereocenters. The van der Waals surface area contributed by atoms with Crippen LogP contribution in [0.4, 0.5) is 0 Å². The highest BCUT2D eigenvalue weighted by Gasteiger charge is 2.32. The monoisotopic (exact) mass is 211 g/mol. The highest BCUT2D eigenvalue weighted by Crippen LogP contribution is 2.35. The van der Waals surface area contributed by atoms with Gasteiger partial charge in [0, 0.05) is 6.04 Å². The predicted molar refractivity (Wildman–Crippen MR) is 58.5 cm³/mol. The van der Waals surface area contributed by atoms with Gasteiger partial charge in [-0.25, -0.2) is 0 Å². The van der Waals surface area contributed by atoms with Gasteiger partial charge in [0.15, 0.2) is 0 Å². The second-order valence-corrected chi connectivity index (χ2v) is 4.93. The molecular formula is C12H21NO2. The lowest BCUT2D eigenvalue weighted by atomic mass is 9.73. The Kier molecular flexibility index (Phi) is 3.62. The summed E-state index contributed by atoms with van der Waals surface area (Å²) in [5.74, 6) is 1.64. The van der Waals surface area contributed by atoms with Crippen molar-refractivity contribution in [1.82, 2.24) is 5.32 Å². The molecule has 86 valence electrons. The van der Waals surface area contributed by atoms with Crippen molar-refractivity contribution < 1.29 is 9.53 Å². The summed E-state index contributed by atoms with van der Waals surface area (Å²) in [6, 6.07) is 0.358. The molecule has 0 aromatic heterocycles. The normalized spacial score (nSPS) is 35.7. The number of esters is 1. The van der Waals surface area contributed by atoms with Gasteiger partial charge in [0.2, 0.25) is 0 Å². The summed E-state index contributed by atoms with van der Waals surface area (Å²) < 4.78 is 4.71. The van der Waals surface area contributed by atoms with Crippen LogP contribution in [-0.4, -0.2) is 25.7 Å². The van der Waals surface area contributed by atoms with E-state index in [0.717, 1.165) is 18.4 Å². The van der Waals surface area contributed by atoms with Gasteiger partial charge < -0.3 is 10.1 Å². The minimum absolute atomic E-state index is 0.0817. The first-order valence-corrected chi connectivity index (χ1v) is 6.10. The molecule has 0 amide bonds. The number of carbonyl (C=O) groups is 1. The lowest BCUT2D eigenvalue weighted by Gasteiger charge is -2.39. The molecule has 1 N–H and O–H groups in total. The molecule has 1 saturated heterocycles. The van der Waals surface area contributed by atoms with Gasteiger partial charge in [0.05, 0.1) is 13.5 Å². The minimum Gasteiger partial charge on any atom is -0.469 e. The van der Waals surface area contributed by atoms with E-state index in [2.05, 4.69) is 5.32 Å². The Hall–Kier alpha value is -0.570. The van der Waals surface area contributed by atoms with Gasteiger partial charge in [0.25, 0.3) is 0 Å². The third kappa shape index (κ3) is 2.71. The van der Waals surface area contributed by atoms with Crippen molar-refractivity contribution in [3.8, 4) is 0 Å². The van der Waals surface area contributed by atoms with Crippen molar-refractivity contribution in [3.05, 3.63) is 0 Å². The quantitative estimate of drug-likeness (QED) is 0.707. The second-order valence-electron chi connectivity index (χ2n) is 4.93. The predicted octanol–water partition coefficient (Wildman–Crippen LogP) is 1.72. The van der Waals surface area contributed by atoms with Crippen molar-refractivity contribution in [2.24, 2.45) is 11.8 Å². The zero-order valence-electron chi connectivity index (χ0n) is 9.50. The third-order valence-electron chi connectivity index (χ3n) is 3.96. The van der Waals surface area contributed by atoms with Crippen LogP contribution in [0.5, 0.6) is 0 Å². The van der Waals surface area contributed by atoms with Crippen LogP contribution in [0.2, 0.25) is 0 Å². The average molecular weight is 211 g/mol. The SMILES string of the molecule is COC(=O)CC1CC2CCCCC2CN1. The topological polar surface area (TPSA) is 38.3 Å². The van der Waals surface area contributed by atoms with Crippen LogP contribution in [0.25, 0.3) is 0 Å². The Bertz CT molecular complexity index is 230. The van der Waals surface area contributed by atoms with Crippen molar-refractivity contribution in [2.75, 3.05) is 13.7 Å². The molecule has 1 aliphatic carbocycles. The van der Waals surface area contributed by atoms with Gasteiger partial charge in [0.1, 0.15) is 0 Å². The molecule has 0 radical (unpaired) electrons. The molecule has 2 rings (SSSR count). The van der Waals surface area contributed by atoms with Crippen LogP contribution in [0.1, 0.15) is 38.5 Å². The summed E-state index contributed by atoms with van der Waals surface area (Å²) in [7, 11) is 1.47.